The Morgan fingerprint density at radius 2 is 1.88 bits per heavy atom. The average Bonchev–Trinajstić information content (AvgIpc) is 2.68. The van der Waals surface area contributed by atoms with Crippen molar-refractivity contribution < 1.29 is 13.2 Å². The molecule has 1 aliphatic rings. The molecule has 0 aliphatic carbocycles. The van der Waals surface area contributed by atoms with Crippen molar-refractivity contribution in [3.63, 3.8) is 0 Å². The van der Waals surface area contributed by atoms with Crippen LogP contribution in [0.1, 0.15) is 39.0 Å². The zero-order valence-corrected chi connectivity index (χ0v) is 10.5. The Morgan fingerprint density at radius 3 is 2.47 bits per heavy atom. The smallest absolute Gasteiger partial charge is 0.313 e. The molecule has 0 aromatic heterocycles. The molecular weight excluding hydrogens is 229 g/mol. The first-order valence-corrected chi connectivity index (χ1v) is 6.50. The van der Waals surface area contributed by atoms with Crippen LogP contribution >= 0.6 is 0 Å². The summed E-state index contributed by atoms with van der Waals surface area (Å²) in [6, 6.07) is 0.181. The summed E-state index contributed by atoms with van der Waals surface area (Å²) in [6.07, 6.45) is -1.29. The van der Waals surface area contributed by atoms with Crippen molar-refractivity contribution >= 4 is 0 Å². The molecule has 0 spiro atoms. The van der Waals surface area contributed by atoms with E-state index in [1.54, 1.807) is 0 Å². The zero-order chi connectivity index (χ0) is 12.7. The predicted octanol–water partition coefficient (Wildman–Crippen LogP) is 2.79. The molecule has 2 nitrogen and oxygen atoms in total. The number of likely N-dealkylation sites (tertiary alicyclic amines) is 1. The Kier molecular flexibility index (Phi) is 6.27. The van der Waals surface area contributed by atoms with Gasteiger partial charge in [0.25, 0.3) is 0 Å². The lowest BCUT2D eigenvalue weighted by molar-refractivity contribution is -0.135. The normalized spacial score (nSPS) is 19.8. The topological polar surface area (TPSA) is 15.3 Å². The molecule has 1 rings (SSSR count). The Labute approximate surface area is 102 Å². The second-order valence-electron chi connectivity index (χ2n) is 4.91. The summed E-state index contributed by atoms with van der Waals surface area (Å²) in [6.45, 7) is 6.20. The molecule has 17 heavy (non-hydrogen) atoms. The molecule has 1 atom stereocenters. The van der Waals surface area contributed by atoms with E-state index < -0.39 is 12.6 Å². The van der Waals surface area contributed by atoms with Crippen molar-refractivity contribution in [3.8, 4) is 0 Å². The molecule has 0 aromatic carbocycles. The average molecular weight is 252 g/mol. The summed E-state index contributed by atoms with van der Waals surface area (Å²) in [5.74, 6) is 0. The largest absolute Gasteiger partial charge is 0.389 e. The lowest BCUT2D eigenvalue weighted by atomic mass is 10.1. The molecule has 0 bridgehead atoms. The summed E-state index contributed by atoms with van der Waals surface area (Å²) in [7, 11) is 0. The van der Waals surface area contributed by atoms with Crippen LogP contribution in [0.3, 0.4) is 0 Å². The quantitative estimate of drug-likeness (QED) is 0.749. The molecule has 0 saturated carbocycles. The van der Waals surface area contributed by atoms with E-state index in [0.717, 1.165) is 13.1 Å². The van der Waals surface area contributed by atoms with Crippen molar-refractivity contribution in [2.75, 3.05) is 26.2 Å². The van der Waals surface area contributed by atoms with Crippen molar-refractivity contribution in [1.29, 1.82) is 0 Å². The fourth-order valence-electron chi connectivity index (χ4n) is 2.19. The van der Waals surface area contributed by atoms with Crippen LogP contribution in [0.2, 0.25) is 0 Å². The van der Waals surface area contributed by atoms with Gasteiger partial charge in [-0.1, -0.05) is 0 Å². The van der Waals surface area contributed by atoms with E-state index in [0.29, 0.717) is 6.42 Å². The van der Waals surface area contributed by atoms with Gasteiger partial charge in [0.15, 0.2) is 0 Å². The molecule has 1 N–H and O–H groups in total. The second-order valence-corrected chi connectivity index (χ2v) is 4.91. The highest BCUT2D eigenvalue weighted by atomic mass is 19.4. The van der Waals surface area contributed by atoms with Crippen LogP contribution in [0.4, 0.5) is 13.2 Å². The maximum absolute atomic E-state index is 11.9. The molecule has 102 valence electrons. The standard InChI is InChI=1S/C12H23F3N2/c1-11(5-4-6-12(13,14)15)16-7-10-17-8-2-3-9-17/h11,16H,2-10H2,1H3. The van der Waals surface area contributed by atoms with E-state index in [1.807, 2.05) is 6.92 Å². The SMILES string of the molecule is CC(CCCC(F)(F)F)NCCN1CCCC1. The molecule has 1 heterocycles. The van der Waals surface area contributed by atoms with Crippen molar-refractivity contribution in [2.24, 2.45) is 0 Å². The van der Waals surface area contributed by atoms with E-state index in [1.165, 1.54) is 25.9 Å². The van der Waals surface area contributed by atoms with Gasteiger partial charge in [0.1, 0.15) is 0 Å². The zero-order valence-electron chi connectivity index (χ0n) is 10.5. The number of nitrogens with zero attached hydrogens (tertiary/aromatic N) is 1. The van der Waals surface area contributed by atoms with Crippen LogP contribution in [0.15, 0.2) is 0 Å². The minimum Gasteiger partial charge on any atom is -0.313 e. The van der Waals surface area contributed by atoms with Gasteiger partial charge in [-0.3, -0.25) is 0 Å². The first-order chi connectivity index (χ1) is 7.97. The lowest BCUT2D eigenvalue weighted by Crippen LogP contribution is -2.34. The summed E-state index contributed by atoms with van der Waals surface area (Å²) in [5.41, 5.74) is 0. The van der Waals surface area contributed by atoms with E-state index >= 15 is 0 Å². The highest BCUT2D eigenvalue weighted by molar-refractivity contribution is 4.69. The third-order valence-corrected chi connectivity index (χ3v) is 3.22. The highest BCUT2D eigenvalue weighted by Gasteiger charge is 2.26. The third-order valence-electron chi connectivity index (χ3n) is 3.22. The predicted molar refractivity (Wildman–Crippen MR) is 63.0 cm³/mol. The van der Waals surface area contributed by atoms with Gasteiger partial charge in [0, 0.05) is 25.6 Å². The molecule has 0 aromatic rings. The number of halogens is 3. The molecule has 0 amide bonds. The van der Waals surface area contributed by atoms with E-state index in [-0.39, 0.29) is 12.5 Å². The molecule has 1 aliphatic heterocycles. The van der Waals surface area contributed by atoms with Gasteiger partial charge in [-0.05, 0) is 45.7 Å². The van der Waals surface area contributed by atoms with Crippen LogP contribution in [0, 0.1) is 0 Å². The molecule has 0 radical (unpaired) electrons. The van der Waals surface area contributed by atoms with E-state index in [4.69, 9.17) is 0 Å². The Balaban J connectivity index is 1.95. The Morgan fingerprint density at radius 1 is 1.24 bits per heavy atom. The number of nitrogens with one attached hydrogen (secondary N) is 1. The van der Waals surface area contributed by atoms with Gasteiger partial charge >= 0.3 is 6.18 Å². The van der Waals surface area contributed by atoms with Gasteiger partial charge in [0.2, 0.25) is 0 Å². The number of hydrogen-bond donors (Lipinski definition) is 1. The van der Waals surface area contributed by atoms with Gasteiger partial charge in [-0.25, -0.2) is 0 Å². The maximum Gasteiger partial charge on any atom is 0.389 e. The summed E-state index contributed by atoms with van der Waals surface area (Å²) >= 11 is 0. The second kappa shape index (κ2) is 7.21. The number of hydrogen-bond acceptors (Lipinski definition) is 2. The molecule has 1 saturated heterocycles. The fourth-order valence-corrected chi connectivity index (χ4v) is 2.19. The monoisotopic (exact) mass is 252 g/mol. The van der Waals surface area contributed by atoms with Crippen molar-refractivity contribution in [2.45, 2.75) is 51.2 Å². The number of rotatable bonds is 7. The summed E-state index contributed by atoms with van der Waals surface area (Å²) in [5, 5.41) is 3.29. The van der Waals surface area contributed by atoms with Crippen LogP contribution in [-0.4, -0.2) is 43.3 Å². The van der Waals surface area contributed by atoms with Crippen LogP contribution in [-0.2, 0) is 0 Å². The highest BCUT2D eigenvalue weighted by Crippen LogP contribution is 2.22. The summed E-state index contributed by atoms with van der Waals surface area (Å²) < 4.78 is 35.8. The third kappa shape index (κ3) is 7.60. The lowest BCUT2D eigenvalue weighted by Gasteiger charge is -2.18. The maximum atomic E-state index is 11.9. The van der Waals surface area contributed by atoms with E-state index in [2.05, 4.69) is 10.2 Å². The summed E-state index contributed by atoms with van der Waals surface area (Å²) in [4.78, 5) is 2.40. The Bertz CT molecular complexity index is 200. The molecule has 1 fully saturated rings. The van der Waals surface area contributed by atoms with Gasteiger partial charge in [0.05, 0.1) is 0 Å². The minimum absolute atomic E-state index is 0.181. The fraction of sp³-hybridized carbons (Fsp3) is 1.00. The van der Waals surface area contributed by atoms with Crippen LogP contribution in [0.25, 0.3) is 0 Å². The first-order valence-electron chi connectivity index (χ1n) is 6.50. The number of alkyl halides is 3. The van der Waals surface area contributed by atoms with Crippen molar-refractivity contribution in [3.05, 3.63) is 0 Å². The van der Waals surface area contributed by atoms with Gasteiger partial charge in [-0.2, -0.15) is 13.2 Å². The molecule has 1 unspecified atom stereocenters. The molecular formula is C12H23F3N2. The van der Waals surface area contributed by atoms with Crippen molar-refractivity contribution in [1.82, 2.24) is 10.2 Å². The Hall–Kier alpha value is -0.290. The van der Waals surface area contributed by atoms with Gasteiger partial charge in [-0.15, -0.1) is 0 Å². The van der Waals surface area contributed by atoms with E-state index in [9.17, 15) is 13.2 Å². The first kappa shape index (κ1) is 14.8. The van der Waals surface area contributed by atoms with Gasteiger partial charge < -0.3 is 10.2 Å². The minimum atomic E-state index is -4.00. The van der Waals surface area contributed by atoms with Crippen LogP contribution in [0.5, 0.6) is 0 Å². The van der Waals surface area contributed by atoms with Crippen LogP contribution < -0.4 is 5.32 Å². The molecule has 5 heteroatoms.